The molecule has 0 bridgehead atoms. The molecular formula is C15H19F3N2O. The van der Waals surface area contributed by atoms with Gasteiger partial charge in [0, 0.05) is 18.5 Å². The van der Waals surface area contributed by atoms with Gasteiger partial charge in [-0.15, -0.1) is 0 Å². The Morgan fingerprint density at radius 3 is 2.43 bits per heavy atom. The lowest BCUT2D eigenvalue weighted by molar-refractivity contribution is -0.164. The van der Waals surface area contributed by atoms with Crippen LogP contribution in [0.1, 0.15) is 24.8 Å². The zero-order valence-electron chi connectivity index (χ0n) is 11.6. The van der Waals surface area contributed by atoms with Gasteiger partial charge >= 0.3 is 6.18 Å². The minimum Gasteiger partial charge on any atom is -0.329 e. The van der Waals surface area contributed by atoms with Crippen molar-refractivity contribution in [2.24, 2.45) is 11.7 Å². The molecule has 2 unspecified atom stereocenters. The van der Waals surface area contributed by atoms with Crippen molar-refractivity contribution in [1.82, 2.24) is 4.90 Å². The Kier molecular flexibility index (Phi) is 4.88. The van der Waals surface area contributed by atoms with Crippen molar-refractivity contribution in [3.63, 3.8) is 0 Å². The predicted molar refractivity (Wildman–Crippen MR) is 73.2 cm³/mol. The minimum atomic E-state index is -4.40. The van der Waals surface area contributed by atoms with Crippen LogP contribution in [0.2, 0.25) is 0 Å². The van der Waals surface area contributed by atoms with Gasteiger partial charge < -0.3 is 10.6 Å². The third-order valence-electron chi connectivity index (χ3n) is 3.72. The Labute approximate surface area is 121 Å². The van der Waals surface area contributed by atoms with E-state index in [0.717, 1.165) is 4.90 Å². The smallest absolute Gasteiger partial charge is 0.329 e. The van der Waals surface area contributed by atoms with E-state index in [4.69, 9.17) is 5.73 Å². The van der Waals surface area contributed by atoms with E-state index in [9.17, 15) is 18.0 Å². The van der Waals surface area contributed by atoms with Gasteiger partial charge in [-0.25, -0.2) is 0 Å². The molecule has 1 amide bonds. The number of alkyl halides is 3. The van der Waals surface area contributed by atoms with E-state index in [-0.39, 0.29) is 18.5 Å². The molecule has 1 aliphatic rings. The van der Waals surface area contributed by atoms with E-state index in [1.165, 1.54) is 0 Å². The van der Waals surface area contributed by atoms with Gasteiger partial charge in [0.2, 0.25) is 5.91 Å². The molecule has 3 nitrogen and oxygen atoms in total. The molecule has 2 N–H and O–H groups in total. The molecule has 0 aliphatic heterocycles. The number of nitrogens with two attached hydrogens (primary N) is 1. The molecule has 21 heavy (non-hydrogen) atoms. The summed E-state index contributed by atoms with van der Waals surface area (Å²) < 4.78 is 38.1. The topological polar surface area (TPSA) is 46.3 Å². The molecule has 2 rings (SSSR count). The summed E-state index contributed by atoms with van der Waals surface area (Å²) in [6.07, 6.45) is -2.65. The van der Waals surface area contributed by atoms with Crippen LogP contribution in [0, 0.1) is 5.92 Å². The second-order valence-electron chi connectivity index (χ2n) is 5.57. The van der Waals surface area contributed by atoms with Crippen LogP contribution < -0.4 is 5.73 Å². The van der Waals surface area contributed by atoms with E-state index in [1.54, 1.807) is 30.3 Å². The molecule has 1 aromatic rings. The number of carbonyl (C=O) groups excluding carboxylic acids is 1. The van der Waals surface area contributed by atoms with Gasteiger partial charge in [0.1, 0.15) is 6.54 Å². The Morgan fingerprint density at radius 1 is 1.24 bits per heavy atom. The van der Waals surface area contributed by atoms with Crippen LogP contribution in [0.15, 0.2) is 30.3 Å². The van der Waals surface area contributed by atoms with Crippen LogP contribution in [0.3, 0.4) is 0 Å². The summed E-state index contributed by atoms with van der Waals surface area (Å²) in [6, 6.07) is 8.64. The number of rotatable bonds is 4. The molecule has 0 spiro atoms. The van der Waals surface area contributed by atoms with E-state index < -0.39 is 18.6 Å². The zero-order chi connectivity index (χ0) is 15.5. The van der Waals surface area contributed by atoms with E-state index in [1.807, 2.05) is 0 Å². The van der Waals surface area contributed by atoms with Crippen LogP contribution in [-0.2, 0) is 11.3 Å². The van der Waals surface area contributed by atoms with Gasteiger partial charge in [-0.05, 0) is 24.8 Å². The van der Waals surface area contributed by atoms with Gasteiger partial charge in [-0.2, -0.15) is 13.2 Å². The molecule has 116 valence electrons. The Morgan fingerprint density at radius 2 is 1.90 bits per heavy atom. The van der Waals surface area contributed by atoms with Crippen molar-refractivity contribution in [3.8, 4) is 0 Å². The highest BCUT2D eigenvalue weighted by Gasteiger charge is 2.37. The average molecular weight is 300 g/mol. The molecule has 6 heteroatoms. The fourth-order valence-corrected chi connectivity index (χ4v) is 2.73. The number of hydrogen-bond acceptors (Lipinski definition) is 2. The van der Waals surface area contributed by atoms with Gasteiger partial charge in [-0.3, -0.25) is 4.79 Å². The maximum atomic E-state index is 12.7. The molecule has 1 saturated carbocycles. The van der Waals surface area contributed by atoms with Crippen molar-refractivity contribution >= 4 is 5.91 Å². The summed E-state index contributed by atoms with van der Waals surface area (Å²) in [7, 11) is 0. The first kappa shape index (κ1) is 15.8. The van der Waals surface area contributed by atoms with Crippen LogP contribution in [0.25, 0.3) is 0 Å². The second kappa shape index (κ2) is 6.47. The first-order chi connectivity index (χ1) is 9.85. The van der Waals surface area contributed by atoms with Crippen LogP contribution in [-0.4, -0.2) is 29.6 Å². The van der Waals surface area contributed by atoms with Gasteiger partial charge in [0.15, 0.2) is 0 Å². The first-order valence-corrected chi connectivity index (χ1v) is 7.00. The largest absolute Gasteiger partial charge is 0.406 e. The average Bonchev–Trinajstić information content (AvgIpc) is 2.83. The Balaban J connectivity index is 2.10. The van der Waals surface area contributed by atoms with Crippen molar-refractivity contribution < 1.29 is 18.0 Å². The third-order valence-corrected chi connectivity index (χ3v) is 3.72. The molecule has 0 saturated heterocycles. The Hall–Kier alpha value is -1.56. The van der Waals surface area contributed by atoms with E-state index >= 15 is 0 Å². The highest BCUT2D eigenvalue weighted by atomic mass is 19.4. The highest BCUT2D eigenvalue weighted by molar-refractivity contribution is 5.79. The number of nitrogens with zero attached hydrogens (tertiary/aromatic N) is 1. The van der Waals surface area contributed by atoms with Gasteiger partial charge in [-0.1, -0.05) is 30.3 Å². The summed E-state index contributed by atoms with van der Waals surface area (Å²) in [6.45, 7) is -1.24. The standard InChI is InChI=1S/C15H19F3N2O/c16-15(17,18)10-20(9-11-4-2-1-3-5-11)14(21)12-6-7-13(19)8-12/h1-5,12-13H,6-10,19H2. The highest BCUT2D eigenvalue weighted by Crippen LogP contribution is 2.28. The quantitative estimate of drug-likeness (QED) is 0.929. The first-order valence-electron chi connectivity index (χ1n) is 7.00. The van der Waals surface area contributed by atoms with E-state index in [0.29, 0.717) is 24.8 Å². The normalized spacial score (nSPS) is 22.3. The number of benzene rings is 1. The zero-order valence-corrected chi connectivity index (χ0v) is 11.6. The lowest BCUT2D eigenvalue weighted by Gasteiger charge is -2.26. The van der Waals surface area contributed by atoms with Crippen molar-refractivity contribution in [1.29, 1.82) is 0 Å². The van der Waals surface area contributed by atoms with Crippen molar-refractivity contribution in [3.05, 3.63) is 35.9 Å². The molecule has 1 fully saturated rings. The lowest BCUT2D eigenvalue weighted by atomic mass is 10.1. The monoisotopic (exact) mass is 300 g/mol. The number of carbonyl (C=O) groups is 1. The molecular weight excluding hydrogens is 281 g/mol. The van der Waals surface area contributed by atoms with Gasteiger partial charge in [0.05, 0.1) is 0 Å². The predicted octanol–water partition coefficient (Wildman–Crippen LogP) is 2.70. The van der Waals surface area contributed by atoms with Gasteiger partial charge in [0.25, 0.3) is 0 Å². The molecule has 1 aliphatic carbocycles. The fraction of sp³-hybridized carbons (Fsp3) is 0.533. The van der Waals surface area contributed by atoms with E-state index in [2.05, 4.69) is 0 Å². The lowest BCUT2D eigenvalue weighted by Crippen LogP contribution is -2.41. The molecule has 0 radical (unpaired) electrons. The van der Waals surface area contributed by atoms with Crippen LogP contribution in [0.5, 0.6) is 0 Å². The van der Waals surface area contributed by atoms with Crippen molar-refractivity contribution in [2.75, 3.05) is 6.54 Å². The van der Waals surface area contributed by atoms with Crippen molar-refractivity contribution in [2.45, 2.75) is 38.0 Å². The summed E-state index contributed by atoms with van der Waals surface area (Å²) in [5, 5.41) is 0. The molecule has 1 aromatic carbocycles. The number of halogens is 3. The SMILES string of the molecule is NC1CCC(C(=O)N(Cc2ccccc2)CC(F)(F)F)C1. The molecule has 2 atom stereocenters. The summed E-state index contributed by atoms with van der Waals surface area (Å²) >= 11 is 0. The summed E-state index contributed by atoms with van der Waals surface area (Å²) in [5.41, 5.74) is 6.44. The van der Waals surface area contributed by atoms with Crippen LogP contribution in [0.4, 0.5) is 13.2 Å². The third kappa shape index (κ3) is 4.74. The van der Waals surface area contributed by atoms with Crippen LogP contribution >= 0.6 is 0 Å². The molecule has 0 aromatic heterocycles. The minimum absolute atomic E-state index is 0.0229. The second-order valence-corrected chi connectivity index (χ2v) is 5.57. The maximum Gasteiger partial charge on any atom is 0.406 e. The Bertz CT molecular complexity index is 476. The summed E-state index contributed by atoms with van der Waals surface area (Å²) in [5.74, 6) is -0.824. The summed E-state index contributed by atoms with van der Waals surface area (Å²) in [4.78, 5) is 13.2. The number of amides is 1. The maximum absolute atomic E-state index is 12.7. The fourth-order valence-electron chi connectivity index (χ4n) is 2.73. The number of hydrogen-bond donors (Lipinski definition) is 1. The molecule has 0 heterocycles.